The summed E-state index contributed by atoms with van der Waals surface area (Å²) in [5, 5.41) is 12.7. The van der Waals surface area contributed by atoms with Crippen LogP contribution in [0.1, 0.15) is 31.4 Å². The van der Waals surface area contributed by atoms with Crippen LogP contribution in [-0.2, 0) is 4.79 Å². The molecule has 0 spiro atoms. The third kappa shape index (κ3) is 2.51. The zero-order valence-corrected chi connectivity index (χ0v) is 10.8. The largest absolute Gasteiger partial charge is 0.486 e. The average molecular weight is 263 g/mol. The Balaban J connectivity index is 1.93. The van der Waals surface area contributed by atoms with Crippen molar-refractivity contribution in [3.8, 4) is 11.5 Å². The lowest BCUT2D eigenvalue weighted by Gasteiger charge is -2.22. The van der Waals surface area contributed by atoms with Crippen LogP contribution < -0.4 is 14.8 Å². The van der Waals surface area contributed by atoms with Crippen LogP contribution in [0.4, 0.5) is 5.69 Å². The first-order valence-electron chi connectivity index (χ1n) is 6.57. The van der Waals surface area contributed by atoms with Gasteiger partial charge in [-0.2, -0.15) is 0 Å². The summed E-state index contributed by atoms with van der Waals surface area (Å²) in [5.74, 6) is 1.36. The van der Waals surface area contributed by atoms with E-state index in [0.29, 0.717) is 36.0 Å². The van der Waals surface area contributed by atoms with Crippen LogP contribution in [0.25, 0.3) is 0 Å². The maximum absolute atomic E-state index is 11.9. The molecule has 0 saturated heterocycles. The van der Waals surface area contributed by atoms with E-state index >= 15 is 0 Å². The van der Waals surface area contributed by atoms with Crippen LogP contribution >= 0.6 is 0 Å². The summed E-state index contributed by atoms with van der Waals surface area (Å²) in [6.07, 6.45) is 1.21. The van der Waals surface area contributed by atoms with E-state index in [0.717, 1.165) is 12.8 Å². The number of nitrogens with one attached hydrogen (secondary N) is 1. The van der Waals surface area contributed by atoms with E-state index in [9.17, 15) is 9.90 Å². The lowest BCUT2D eigenvalue weighted by Crippen LogP contribution is -2.18. The zero-order valence-electron chi connectivity index (χ0n) is 10.8. The van der Waals surface area contributed by atoms with Crippen molar-refractivity contribution < 1.29 is 19.4 Å². The molecule has 1 atom stereocenters. The molecule has 1 aliphatic heterocycles. The number of ether oxygens (including phenoxy) is 2. The smallest absolute Gasteiger partial charge is 0.227 e. The molecule has 19 heavy (non-hydrogen) atoms. The number of anilines is 1. The predicted octanol–water partition coefficient (Wildman–Crippen LogP) is 1.86. The molecule has 102 valence electrons. The van der Waals surface area contributed by atoms with Crippen molar-refractivity contribution in [2.45, 2.75) is 25.9 Å². The summed E-state index contributed by atoms with van der Waals surface area (Å²) in [6, 6.07) is 3.47. The normalized spacial score (nSPS) is 18.8. The lowest BCUT2D eigenvalue weighted by molar-refractivity contribution is -0.117. The fourth-order valence-electron chi connectivity index (χ4n) is 2.14. The van der Waals surface area contributed by atoms with Gasteiger partial charge in [0.2, 0.25) is 5.91 Å². The molecule has 1 saturated carbocycles. The minimum atomic E-state index is -0.676. The SMILES string of the molecule is C[C@@H](O)c1cc2c(cc1NC(=O)C1CC1)OCCO2. The Labute approximate surface area is 111 Å². The minimum Gasteiger partial charge on any atom is -0.486 e. The summed E-state index contributed by atoms with van der Waals surface area (Å²) in [6.45, 7) is 2.66. The number of hydrogen-bond acceptors (Lipinski definition) is 4. The maximum atomic E-state index is 11.9. The van der Waals surface area contributed by atoms with E-state index in [1.165, 1.54) is 0 Å². The van der Waals surface area contributed by atoms with Crippen LogP contribution in [0, 0.1) is 5.92 Å². The molecule has 5 nitrogen and oxygen atoms in total. The van der Waals surface area contributed by atoms with Gasteiger partial charge in [0.1, 0.15) is 13.2 Å². The van der Waals surface area contributed by atoms with Gasteiger partial charge >= 0.3 is 0 Å². The molecule has 1 fully saturated rings. The van der Waals surface area contributed by atoms with Gasteiger partial charge in [-0.3, -0.25) is 4.79 Å². The quantitative estimate of drug-likeness (QED) is 0.873. The van der Waals surface area contributed by atoms with E-state index in [1.807, 2.05) is 0 Å². The molecule has 1 heterocycles. The Morgan fingerprint density at radius 1 is 1.32 bits per heavy atom. The monoisotopic (exact) mass is 263 g/mol. The summed E-state index contributed by atoms with van der Waals surface area (Å²) in [4.78, 5) is 11.9. The Kier molecular flexibility index (Phi) is 3.06. The molecular weight excluding hydrogens is 246 g/mol. The first kappa shape index (κ1) is 12.3. The highest BCUT2D eigenvalue weighted by atomic mass is 16.6. The molecule has 2 N–H and O–H groups in total. The standard InChI is InChI=1S/C14H17NO4/c1-8(16)10-6-12-13(19-5-4-18-12)7-11(10)15-14(17)9-2-3-9/h6-9,16H,2-5H2,1H3,(H,15,17)/t8-/m1/s1. The molecule has 0 unspecified atom stereocenters. The molecule has 1 amide bonds. The molecule has 3 rings (SSSR count). The van der Waals surface area contributed by atoms with Crippen LogP contribution in [0.5, 0.6) is 11.5 Å². The molecule has 2 aliphatic rings. The van der Waals surface area contributed by atoms with Gasteiger partial charge in [0.25, 0.3) is 0 Å². The van der Waals surface area contributed by atoms with E-state index in [-0.39, 0.29) is 11.8 Å². The van der Waals surface area contributed by atoms with Crippen molar-refractivity contribution in [1.29, 1.82) is 0 Å². The second-order valence-corrected chi connectivity index (χ2v) is 5.02. The van der Waals surface area contributed by atoms with E-state index < -0.39 is 6.10 Å². The van der Waals surface area contributed by atoms with Crippen LogP contribution in [-0.4, -0.2) is 24.2 Å². The zero-order chi connectivity index (χ0) is 13.4. The molecule has 1 aliphatic carbocycles. The predicted molar refractivity (Wildman–Crippen MR) is 69.4 cm³/mol. The summed E-state index contributed by atoms with van der Waals surface area (Å²) < 4.78 is 11.0. The van der Waals surface area contributed by atoms with Gasteiger partial charge in [0, 0.05) is 17.5 Å². The number of hydrogen-bond donors (Lipinski definition) is 2. The number of aliphatic hydroxyl groups is 1. The van der Waals surface area contributed by atoms with Crippen LogP contribution in [0.15, 0.2) is 12.1 Å². The molecule has 0 aromatic heterocycles. The van der Waals surface area contributed by atoms with Crippen molar-refractivity contribution in [1.82, 2.24) is 0 Å². The number of amides is 1. The minimum absolute atomic E-state index is 0.0126. The van der Waals surface area contributed by atoms with Crippen LogP contribution in [0.3, 0.4) is 0 Å². The highest BCUT2D eigenvalue weighted by molar-refractivity contribution is 5.95. The van der Waals surface area contributed by atoms with Gasteiger partial charge in [-0.1, -0.05) is 0 Å². The van der Waals surface area contributed by atoms with Gasteiger partial charge in [-0.25, -0.2) is 0 Å². The molecule has 0 bridgehead atoms. The Bertz CT molecular complexity index is 508. The summed E-state index contributed by atoms with van der Waals surface area (Å²) in [5.41, 5.74) is 1.26. The summed E-state index contributed by atoms with van der Waals surface area (Å²) >= 11 is 0. The van der Waals surface area contributed by atoms with Crippen molar-refractivity contribution in [3.63, 3.8) is 0 Å². The molecule has 1 aromatic carbocycles. The van der Waals surface area contributed by atoms with Crippen LogP contribution in [0.2, 0.25) is 0 Å². The Hall–Kier alpha value is -1.75. The number of carbonyl (C=O) groups excluding carboxylic acids is 1. The highest BCUT2D eigenvalue weighted by Crippen LogP contribution is 2.39. The lowest BCUT2D eigenvalue weighted by atomic mass is 10.1. The van der Waals surface area contributed by atoms with Crippen molar-refractivity contribution >= 4 is 11.6 Å². The Morgan fingerprint density at radius 3 is 2.53 bits per heavy atom. The van der Waals surface area contributed by atoms with Gasteiger partial charge in [0.05, 0.1) is 11.8 Å². The fourth-order valence-corrected chi connectivity index (χ4v) is 2.14. The number of benzene rings is 1. The van der Waals surface area contributed by atoms with Gasteiger partial charge < -0.3 is 19.9 Å². The number of fused-ring (bicyclic) bond motifs is 1. The molecular formula is C14H17NO4. The average Bonchev–Trinajstić information content (AvgIpc) is 3.22. The van der Waals surface area contributed by atoms with Gasteiger partial charge in [-0.05, 0) is 25.8 Å². The maximum Gasteiger partial charge on any atom is 0.227 e. The van der Waals surface area contributed by atoms with Crippen molar-refractivity contribution in [2.75, 3.05) is 18.5 Å². The van der Waals surface area contributed by atoms with Gasteiger partial charge in [0.15, 0.2) is 11.5 Å². The second kappa shape index (κ2) is 4.74. The molecule has 0 radical (unpaired) electrons. The van der Waals surface area contributed by atoms with Gasteiger partial charge in [-0.15, -0.1) is 0 Å². The third-order valence-electron chi connectivity index (χ3n) is 3.37. The molecule has 1 aromatic rings. The number of carbonyl (C=O) groups is 1. The third-order valence-corrected chi connectivity index (χ3v) is 3.37. The molecule has 5 heteroatoms. The van der Waals surface area contributed by atoms with E-state index in [1.54, 1.807) is 19.1 Å². The first-order chi connectivity index (χ1) is 9.15. The van der Waals surface area contributed by atoms with Crippen molar-refractivity contribution in [3.05, 3.63) is 17.7 Å². The van der Waals surface area contributed by atoms with E-state index in [4.69, 9.17) is 9.47 Å². The van der Waals surface area contributed by atoms with Crippen molar-refractivity contribution in [2.24, 2.45) is 5.92 Å². The Morgan fingerprint density at radius 2 is 1.95 bits per heavy atom. The first-order valence-corrected chi connectivity index (χ1v) is 6.57. The highest BCUT2D eigenvalue weighted by Gasteiger charge is 2.30. The summed E-state index contributed by atoms with van der Waals surface area (Å²) in [7, 11) is 0. The topological polar surface area (TPSA) is 67.8 Å². The fraction of sp³-hybridized carbons (Fsp3) is 0.500. The van der Waals surface area contributed by atoms with E-state index in [2.05, 4.69) is 5.32 Å². The second-order valence-electron chi connectivity index (χ2n) is 5.02. The number of aliphatic hydroxyl groups excluding tert-OH is 1. The number of rotatable bonds is 3.